The van der Waals surface area contributed by atoms with Crippen LogP contribution in [0.5, 0.6) is 5.75 Å². The Labute approximate surface area is 187 Å². The fourth-order valence-electron chi connectivity index (χ4n) is 4.15. The number of rotatable bonds is 7. The van der Waals surface area contributed by atoms with Gasteiger partial charge in [0.05, 0.1) is 12.5 Å². The highest BCUT2D eigenvalue weighted by Gasteiger charge is 2.28. The predicted molar refractivity (Wildman–Crippen MR) is 124 cm³/mol. The summed E-state index contributed by atoms with van der Waals surface area (Å²) in [6.07, 6.45) is 3.29. The Morgan fingerprint density at radius 1 is 1.22 bits per heavy atom. The van der Waals surface area contributed by atoms with Gasteiger partial charge >= 0.3 is 0 Å². The van der Waals surface area contributed by atoms with Gasteiger partial charge in [-0.1, -0.05) is 12.1 Å². The summed E-state index contributed by atoms with van der Waals surface area (Å²) in [5, 5.41) is 3.04. The molecule has 1 N–H and O–H groups in total. The molecule has 0 aliphatic carbocycles. The van der Waals surface area contributed by atoms with Gasteiger partial charge in [0.1, 0.15) is 11.3 Å². The predicted octanol–water partition coefficient (Wildman–Crippen LogP) is 2.74. The van der Waals surface area contributed by atoms with Crippen LogP contribution in [0.1, 0.15) is 32.3 Å². The number of nitrogens with one attached hydrogen (secondary N) is 1. The first-order valence-electron chi connectivity index (χ1n) is 11.2. The largest absolute Gasteiger partial charge is 0.494 e. The smallest absolute Gasteiger partial charge is 0.295 e. The molecule has 1 aromatic carbocycles. The molecule has 1 aliphatic heterocycles. The fraction of sp³-hybridized carbons (Fsp3) is 0.417. The fourth-order valence-corrected chi connectivity index (χ4v) is 4.15. The maximum Gasteiger partial charge on any atom is 0.295 e. The average molecular weight is 436 g/mol. The molecule has 0 saturated carbocycles. The minimum absolute atomic E-state index is 0.00172. The van der Waals surface area contributed by atoms with E-state index in [1.54, 1.807) is 10.8 Å². The summed E-state index contributed by atoms with van der Waals surface area (Å²) < 4.78 is 7.10. The molecule has 1 atom stereocenters. The lowest BCUT2D eigenvalue weighted by atomic mass is 9.97. The Bertz CT molecular complexity index is 1140. The summed E-state index contributed by atoms with van der Waals surface area (Å²) in [5.41, 5.74) is 2.13. The molecule has 1 saturated heterocycles. The van der Waals surface area contributed by atoms with E-state index in [1.807, 2.05) is 55.1 Å². The second-order valence-electron chi connectivity index (χ2n) is 7.91. The maximum absolute atomic E-state index is 13.1. The van der Waals surface area contributed by atoms with Gasteiger partial charge in [0.25, 0.3) is 5.56 Å². The molecule has 0 spiro atoms. The van der Waals surface area contributed by atoms with Crippen molar-refractivity contribution in [3.63, 3.8) is 0 Å². The van der Waals surface area contributed by atoms with Gasteiger partial charge in [-0.2, -0.15) is 0 Å². The van der Waals surface area contributed by atoms with E-state index in [0.29, 0.717) is 49.8 Å². The maximum atomic E-state index is 13.1. The molecule has 3 aromatic rings. The van der Waals surface area contributed by atoms with Crippen LogP contribution in [-0.4, -0.2) is 40.1 Å². The second kappa shape index (κ2) is 9.80. The van der Waals surface area contributed by atoms with E-state index in [4.69, 9.17) is 4.74 Å². The number of aryl methyl sites for hydroxylation is 1. The highest BCUT2D eigenvalue weighted by Crippen LogP contribution is 2.22. The van der Waals surface area contributed by atoms with Gasteiger partial charge in [0, 0.05) is 32.4 Å². The summed E-state index contributed by atoms with van der Waals surface area (Å²) in [5.74, 6) is 1.03. The Morgan fingerprint density at radius 3 is 2.78 bits per heavy atom. The van der Waals surface area contributed by atoms with E-state index in [1.165, 1.54) is 0 Å². The number of anilines is 1. The SMILES string of the molecule is CCOc1ccc(CNC(=O)C2CCCN(c3nc4cccnc4n(CC)c3=O)C2)cc1. The number of carbonyl (C=O) groups is 1. The molecular formula is C24H29N5O3. The zero-order valence-corrected chi connectivity index (χ0v) is 18.6. The summed E-state index contributed by atoms with van der Waals surface area (Å²) >= 11 is 0. The number of amides is 1. The monoisotopic (exact) mass is 435 g/mol. The molecule has 8 nitrogen and oxygen atoms in total. The average Bonchev–Trinajstić information content (AvgIpc) is 2.83. The lowest BCUT2D eigenvalue weighted by Gasteiger charge is -2.32. The van der Waals surface area contributed by atoms with Gasteiger partial charge in [-0.15, -0.1) is 0 Å². The van der Waals surface area contributed by atoms with Gasteiger partial charge in [0.2, 0.25) is 5.91 Å². The van der Waals surface area contributed by atoms with Crippen molar-refractivity contribution in [3.8, 4) is 5.75 Å². The molecule has 1 unspecified atom stereocenters. The highest BCUT2D eigenvalue weighted by molar-refractivity contribution is 5.79. The van der Waals surface area contributed by atoms with Crippen molar-refractivity contribution in [2.45, 2.75) is 39.8 Å². The molecule has 3 heterocycles. The third-order valence-corrected chi connectivity index (χ3v) is 5.79. The number of ether oxygens (including phenoxy) is 1. The van der Waals surface area contributed by atoms with E-state index in [9.17, 15) is 9.59 Å². The molecule has 8 heteroatoms. The van der Waals surface area contributed by atoms with Crippen molar-refractivity contribution in [1.29, 1.82) is 0 Å². The van der Waals surface area contributed by atoms with Crippen LogP contribution in [0.15, 0.2) is 47.4 Å². The molecule has 32 heavy (non-hydrogen) atoms. The standard InChI is InChI=1S/C24H29N5O3/c1-3-29-21-20(8-5-13-25-21)27-22(24(29)31)28-14-6-7-18(16-28)23(30)26-15-17-9-11-19(12-10-17)32-4-2/h5,8-13,18H,3-4,6-7,14-16H2,1-2H3,(H,26,30). The number of pyridine rings is 1. The van der Waals surface area contributed by atoms with E-state index in [2.05, 4.69) is 15.3 Å². The molecular weight excluding hydrogens is 406 g/mol. The minimum Gasteiger partial charge on any atom is -0.494 e. The first-order valence-corrected chi connectivity index (χ1v) is 11.2. The quantitative estimate of drug-likeness (QED) is 0.614. The van der Waals surface area contributed by atoms with Crippen molar-refractivity contribution in [2.24, 2.45) is 5.92 Å². The van der Waals surface area contributed by atoms with Gasteiger partial charge < -0.3 is 15.0 Å². The van der Waals surface area contributed by atoms with Crippen molar-refractivity contribution in [2.75, 3.05) is 24.6 Å². The van der Waals surface area contributed by atoms with Crippen molar-refractivity contribution < 1.29 is 9.53 Å². The van der Waals surface area contributed by atoms with Crippen LogP contribution in [0.4, 0.5) is 5.82 Å². The molecule has 0 radical (unpaired) electrons. The first kappa shape index (κ1) is 21.8. The lowest BCUT2D eigenvalue weighted by molar-refractivity contribution is -0.125. The number of hydrogen-bond acceptors (Lipinski definition) is 6. The molecule has 1 fully saturated rings. The second-order valence-corrected chi connectivity index (χ2v) is 7.91. The molecule has 1 aliphatic rings. The van der Waals surface area contributed by atoms with Crippen LogP contribution in [0.25, 0.3) is 11.2 Å². The molecule has 0 bridgehead atoms. The summed E-state index contributed by atoms with van der Waals surface area (Å²) in [4.78, 5) is 36.8. The molecule has 4 rings (SSSR count). The van der Waals surface area contributed by atoms with Gasteiger partial charge in [-0.05, 0) is 56.5 Å². The van der Waals surface area contributed by atoms with Crippen molar-refractivity contribution in [3.05, 3.63) is 58.5 Å². The number of carbonyl (C=O) groups excluding carboxylic acids is 1. The third-order valence-electron chi connectivity index (χ3n) is 5.79. The van der Waals surface area contributed by atoms with Crippen molar-refractivity contribution >= 4 is 22.9 Å². The van der Waals surface area contributed by atoms with E-state index < -0.39 is 0 Å². The Balaban J connectivity index is 1.46. The van der Waals surface area contributed by atoms with Crippen LogP contribution in [0, 0.1) is 5.92 Å². The van der Waals surface area contributed by atoms with Gasteiger partial charge in [-0.3, -0.25) is 14.2 Å². The Morgan fingerprint density at radius 2 is 2.03 bits per heavy atom. The number of fused-ring (bicyclic) bond motifs is 1. The topological polar surface area (TPSA) is 89.3 Å². The lowest BCUT2D eigenvalue weighted by Crippen LogP contribution is -2.45. The molecule has 2 aromatic heterocycles. The Hall–Kier alpha value is -3.42. The summed E-state index contributed by atoms with van der Waals surface area (Å²) in [7, 11) is 0. The highest BCUT2D eigenvalue weighted by atomic mass is 16.5. The third kappa shape index (κ3) is 4.59. The zero-order chi connectivity index (χ0) is 22.5. The number of hydrogen-bond donors (Lipinski definition) is 1. The normalized spacial score (nSPS) is 16.2. The van der Waals surface area contributed by atoms with Crippen LogP contribution < -0.4 is 20.5 Å². The molecule has 168 valence electrons. The summed E-state index contributed by atoms with van der Waals surface area (Å²) in [6.45, 7) is 6.66. The van der Waals surface area contributed by atoms with Crippen LogP contribution in [0.2, 0.25) is 0 Å². The molecule has 1 amide bonds. The zero-order valence-electron chi connectivity index (χ0n) is 18.6. The number of aromatic nitrogens is 3. The van der Waals surface area contributed by atoms with E-state index >= 15 is 0 Å². The Kier molecular flexibility index (Phi) is 6.68. The summed E-state index contributed by atoms with van der Waals surface area (Å²) in [6, 6.07) is 11.4. The minimum atomic E-state index is -0.188. The van der Waals surface area contributed by atoms with Gasteiger partial charge in [0.15, 0.2) is 11.5 Å². The van der Waals surface area contributed by atoms with Crippen molar-refractivity contribution in [1.82, 2.24) is 19.9 Å². The van der Waals surface area contributed by atoms with Crippen LogP contribution >= 0.6 is 0 Å². The first-order chi connectivity index (χ1) is 15.6. The van der Waals surface area contributed by atoms with Crippen LogP contribution in [-0.2, 0) is 17.9 Å². The van der Waals surface area contributed by atoms with E-state index in [-0.39, 0.29) is 17.4 Å². The van der Waals surface area contributed by atoms with E-state index in [0.717, 1.165) is 24.2 Å². The van der Waals surface area contributed by atoms with Crippen LogP contribution in [0.3, 0.4) is 0 Å². The number of benzene rings is 1. The van der Waals surface area contributed by atoms with Gasteiger partial charge in [-0.25, -0.2) is 9.97 Å². The number of nitrogens with zero attached hydrogens (tertiary/aromatic N) is 4. The number of piperidine rings is 1.